The highest BCUT2D eigenvalue weighted by Crippen LogP contribution is 2.27. The van der Waals surface area contributed by atoms with E-state index in [2.05, 4.69) is 10.4 Å². The monoisotopic (exact) mass is 424 g/mol. The first-order valence-corrected chi connectivity index (χ1v) is 10.5. The Morgan fingerprint density at radius 2 is 1.84 bits per heavy atom. The zero-order valence-corrected chi connectivity index (χ0v) is 17.7. The number of nitrogens with one attached hydrogen (secondary N) is 1. The van der Waals surface area contributed by atoms with Gasteiger partial charge in [0.15, 0.2) is 5.69 Å². The van der Waals surface area contributed by atoms with E-state index < -0.39 is 0 Å². The molecule has 7 heteroatoms. The molecular formula is C24H26F2N4O. The summed E-state index contributed by atoms with van der Waals surface area (Å²) in [5.41, 5.74) is 3.92. The number of amides is 1. The molecule has 4 rings (SSSR count). The van der Waals surface area contributed by atoms with Gasteiger partial charge in [-0.15, -0.1) is 0 Å². The first kappa shape index (κ1) is 21.2. The van der Waals surface area contributed by atoms with Gasteiger partial charge in [0.2, 0.25) is 0 Å². The molecule has 0 spiro atoms. The van der Waals surface area contributed by atoms with Crippen LogP contribution >= 0.6 is 0 Å². The molecule has 2 aromatic carbocycles. The van der Waals surface area contributed by atoms with E-state index in [1.54, 1.807) is 22.9 Å². The summed E-state index contributed by atoms with van der Waals surface area (Å²) in [7, 11) is 3.79. The zero-order chi connectivity index (χ0) is 22.0. The Balaban J connectivity index is 1.59. The number of carbonyl (C=O) groups excluding carboxylic acids is 1. The number of hydrogen-bond acceptors (Lipinski definition) is 3. The summed E-state index contributed by atoms with van der Waals surface area (Å²) >= 11 is 0. The van der Waals surface area contributed by atoms with E-state index in [1.165, 1.54) is 24.3 Å². The van der Waals surface area contributed by atoms with Crippen LogP contribution in [0.2, 0.25) is 0 Å². The van der Waals surface area contributed by atoms with Gasteiger partial charge in [-0.25, -0.2) is 13.5 Å². The van der Waals surface area contributed by atoms with Crippen LogP contribution in [0.15, 0.2) is 48.5 Å². The van der Waals surface area contributed by atoms with E-state index in [9.17, 15) is 13.6 Å². The second-order valence-electron chi connectivity index (χ2n) is 8.11. The number of carbonyl (C=O) groups is 1. The fourth-order valence-corrected chi connectivity index (χ4v) is 4.16. The van der Waals surface area contributed by atoms with Crippen molar-refractivity contribution >= 4 is 5.91 Å². The quantitative estimate of drug-likeness (QED) is 0.649. The van der Waals surface area contributed by atoms with Crippen molar-refractivity contribution in [3.8, 4) is 5.69 Å². The van der Waals surface area contributed by atoms with Crippen molar-refractivity contribution < 1.29 is 13.6 Å². The van der Waals surface area contributed by atoms with Crippen LogP contribution in [0.25, 0.3) is 5.69 Å². The van der Waals surface area contributed by atoms with Crippen molar-refractivity contribution in [2.45, 2.75) is 31.7 Å². The molecule has 5 nitrogen and oxygen atoms in total. The third-order valence-corrected chi connectivity index (χ3v) is 5.78. The largest absolute Gasteiger partial charge is 0.349 e. The molecular weight excluding hydrogens is 398 g/mol. The molecule has 1 amide bonds. The van der Waals surface area contributed by atoms with Crippen LogP contribution in [0.1, 0.15) is 46.2 Å². The lowest BCUT2D eigenvalue weighted by atomic mass is 9.95. The predicted octanol–water partition coefficient (Wildman–Crippen LogP) is 4.06. The maximum absolute atomic E-state index is 13.7. The molecule has 1 aromatic heterocycles. The first-order valence-electron chi connectivity index (χ1n) is 10.5. The highest BCUT2D eigenvalue weighted by atomic mass is 19.1. The van der Waals surface area contributed by atoms with Crippen molar-refractivity contribution in [2.75, 3.05) is 20.6 Å². The molecule has 0 aliphatic heterocycles. The summed E-state index contributed by atoms with van der Waals surface area (Å²) in [4.78, 5) is 15.0. The minimum Gasteiger partial charge on any atom is -0.349 e. The molecule has 1 aliphatic carbocycles. The third kappa shape index (κ3) is 4.51. The van der Waals surface area contributed by atoms with E-state index in [0.717, 1.165) is 48.2 Å². The van der Waals surface area contributed by atoms with Crippen LogP contribution in [-0.4, -0.2) is 41.2 Å². The summed E-state index contributed by atoms with van der Waals surface area (Å²) in [6.07, 6.45) is 3.66. The normalized spacial score (nSPS) is 14.4. The molecule has 1 atom stereocenters. The maximum Gasteiger partial charge on any atom is 0.272 e. The average Bonchev–Trinajstić information content (AvgIpc) is 3.14. The lowest BCUT2D eigenvalue weighted by molar-refractivity contribution is 0.0935. The predicted molar refractivity (Wildman–Crippen MR) is 115 cm³/mol. The number of halogens is 2. The standard InChI is InChI=1S/C24H26F2N4O/c1-29(2)22(16-6-5-7-18(26)14-16)15-27-24(31)23-20-8-3-4-9-21(20)30(28-23)19-12-10-17(25)11-13-19/h5-7,10-14,22H,3-4,8-9,15H2,1-2H3,(H,27,31). The highest BCUT2D eigenvalue weighted by molar-refractivity contribution is 5.94. The molecule has 1 N–H and O–H groups in total. The number of nitrogens with zero attached hydrogens (tertiary/aromatic N) is 3. The summed E-state index contributed by atoms with van der Waals surface area (Å²) < 4.78 is 28.8. The number of likely N-dealkylation sites (N-methyl/N-ethyl adjacent to an activating group) is 1. The second kappa shape index (κ2) is 8.98. The molecule has 3 aromatic rings. The van der Waals surface area contributed by atoms with Crippen LogP contribution in [-0.2, 0) is 12.8 Å². The van der Waals surface area contributed by atoms with Gasteiger partial charge in [-0.3, -0.25) is 4.79 Å². The SMILES string of the molecule is CN(C)C(CNC(=O)c1nn(-c2ccc(F)cc2)c2c1CCCC2)c1cccc(F)c1. The molecule has 0 bridgehead atoms. The number of benzene rings is 2. The summed E-state index contributed by atoms with van der Waals surface area (Å²) in [6, 6.07) is 12.4. The summed E-state index contributed by atoms with van der Waals surface area (Å²) in [5, 5.41) is 7.59. The van der Waals surface area contributed by atoms with Gasteiger partial charge in [0, 0.05) is 17.8 Å². The Kier molecular flexibility index (Phi) is 6.13. The topological polar surface area (TPSA) is 50.2 Å². The first-order chi connectivity index (χ1) is 14.9. The average molecular weight is 424 g/mol. The van der Waals surface area contributed by atoms with E-state index >= 15 is 0 Å². The minimum absolute atomic E-state index is 0.172. The van der Waals surface area contributed by atoms with Gasteiger partial charge in [0.05, 0.1) is 11.7 Å². The zero-order valence-electron chi connectivity index (χ0n) is 17.7. The third-order valence-electron chi connectivity index (χ3n) is 5.78. The van der Waals surface area contributed by atoms with E-state index in [4.69, 9.17) is 0 Å². The molecule has 0 radical (unpaired) electrons. The number of hydrogen-bond donors (Lipinski definition) is 1. The highest BCUT2D eigenvalue weighted by Gasteiger charge is 2.26. The van der Waals surface area contributed by atoms with Crippen molar-refractivity contribution in [2.24, 2.45) is 0 Å². The molecule has 0 saturated heterocycles. The number of fused-ring (bicyclic) bond motifs is 1. The fourth-order valence-electron chi connectivity index (χ4n) is 4.16. The Morgan fingerprint density at radius 1 is 1.10 bits per heavy atom. The van der Waals surface area contributed by atoms with E-state index in [1.807, 2.05) is 25.1 Å². The minimum atomic E-state index is -0.310. The van der Waals surface area contributed by atoms with Gasteiger partial charge >= 0.3 is 0 Å². The number of aromatic nitrogens is 2. The molecule has 0 fully saturated rings. The molecule has 1 aliphatic rings. The molecule has 0 saturated carbocycles. The van der Waals surface area contributed by atoms with E-state index in [-0.39, 0.29) is 23.6 Å². The summed E-state index contributed by atoms with van der Waals surface area (Å²) in [5.74, 6) is -0.861. The number of rotatable bonds is 6. The molecule has 1 unspecified atom stereocenters. The van der Waals surface area contributed by atoms with Gasteiger partial charge < -0.3 is 10.2 Å². The Bertz CT molecular complexity index is 1080. The van der Waals surface area contributed by atoms with Crippen LogP contribution in [0.3, 0.4) is 0 Å². The van der Waals surface area contributed by atoms with Crippen LogP contribution < -0.4 is 5.32 Å². The van der Waals surface area contributed by atoms with Crippen molar-refractivity contribution in [3.63, 3.8) is 0 Å². The van der Waals surface area contributed by atoms with E-state index in [0.29, 0.717) is 12.2 Å². The van der Waals surface area contributed by atoms with Crippen molar-refractivity contribution in [1.82, 2.24) is 20.0 Å². The van der Waals surface area contributed by atoms with Gasteiger partial charge in [-0.05, 0) is 81.7 Å². The van der Waals surface area contributed by atoms with Crippen LogP contribution in [0, 0.1) is 11.6 Å². The summed E-state index contributed by atoms with van der Waals surface area (Å²) in [6.45, 7) is 0.327. The van der Waals surface area contributed by atoms with Crippen LogP contribution in [0.4, 0.5) is 8.78 Å². The van der Waals surface area contributed by atoms with Crippen LogP contribution in [0.5, 0.6) is 0 Å². The smallest absolute Gasteiger partial charge is 0.272 e. The lowest BCUT2D eigenvalue weighted by Gasteiger charge is -2.25. The molecule has 31 heavy (non-hydrogen) atoms. The second-order valence-corrected chi connectivity index (χ2v) is 8.11. The van der Waals surface area contributed by atoms with Gasteiger partial charge in [0.1, 0.15) is 11.6 Å². The van der Waals surface area contributed by atoms with Crippen molar-refractivity contribution in [3.05, 3.63) is 82.7 Å². The van der Waals surface area contributed by atoms with Gasteiger partial charge in [0.25, 0.3) is 5.91 Å². The van der Waals surface area contributed by atoms with Crippen molar-refractivity contribution in [1.29, 1.82) is 0 Å². The Labute approximate surface area is 180 Å². The molecule has 1 heterocycles. The maximum atomic E-state index is 13.7. The lowest BCUT2D eigenvalue weighted by Crippen LogP contribution is -2.35. The van der Waals surface area contributed by atoms with Gasteiger partial charge in [-0.2, -0.15) is 5.10 Å². The molecule has 162 valence electrons. The van der Waals surface area contributed by atoms with Gasteiger partial charge in [-0.1, -0.05) is 12.1 Å². The Morgan fingerprint density at radius 3 is 2.55 bits per heavy atom. The fraction of sp³-hybridized carbons (Fsp3) is 0.333. The Hall–Kier alpha value is -3.06.